The van der Waals surface area contributed by atoms with Crippen LogP contribution in [0.15, 0.2) is 12.1 Å². The number of nitrogens with zero attached hydrogens (tertiary/aromatic N) is 2. The molecule has 0 spiro atoms. The van der Waals surface area contributed by atoms with E-state index >= 15 is 0 Å². The lowest BCUT2D eigenvalue weighted by molar-refractivity contribution is 0.341. The van der Waals surface area contributed by atoms with E-state index in [0.29, 0.717) is 12.6 Å². The summed E-state index contributed by atoms with van der Waals surface area (Å²) in [5.74, 6) is 1.92. The summed E-state index contributed by atoms with van der Waals surface area (Å²) in [5, 5.41) is 3.65. The predicted molar refractivity (Wildman–Crippen MR) is 122 cm³/mol. The first-order chi connectivity index (χ1) is 14.2. The van der Waals surface area contributed by atoms with Gasteiger partial charge in [-0.25, -0.2) is 9.97 Å². The van der Waals surface area contributed by atoms with Crippen LogP contribution in [0, 0.1) is 0 Å². The molecule has 4 heteroatoms. The van der Waals surface area contributed by atoms with E-state index < -0.39 is 0 Å². The number of anilines is 1. The highest BCUT2D eigenvalue weighted by molar-refractivity contribution is 5.75. The van der Waals surface area contributed by atoms with Crippen molar-refractivity contribution in [1.29, 1.82) is 0 Å². The Hall–Kier alpha value is -2.10. The normalized spacial score (nSPS) is 13.4. The Morgan fingerprint density at radius 1 is 0.931 bits per heavy atom. The van der Waals surface area contributed by atoms with E-state index in [1.807, 2.05) is 0 Å². The van der Waals surface area contributed by atoms with Gasteiger partial charge in [-0.15, -0.1) is 0 Å². The van der Waals surface area contributed by atoms with Crippen LogP contribution in [0.1, 0.15) is 82.8 Å². The summed E-state index contributed by atoms with van der Waals surface area (Å²) in [7, 11) is 0. The Morgan fingerprint density at radius 3 is 2.31 bits per heavy atom. The zero-order chi connectivity index (χ0) is 20.8. The number of ether oxygens (including phenoxy) is 1. The summed E-state index contributed by atoms with van der Waals surface area (Å²) in [4.78, 5) is 10.3. The molecule has 0 radical (unpaired) electrons. The Morgan fingerprint density at radius 2 is 1.66 bits per heavy atom. The van der Waals surface area contributed by atoms with Crippen LogP contribution < -0.4 is 10.1 Å². The van der Waals surface area contributed by atoms with Crippen LogP contribution in [0.5, 0.6) is 5.75 Å². The lowest BCUT2D eigenvalue weighted by Crippen LogP contribution is -2.20. The van der Waals surface area contributed by atoms with Gasteiger partial charge in [0.1, 0.15) is 11.6 Å². The maximum Gasteiger partial charge on any atom is 0.148 e. The van der Waals surface area contributed by atoms with Crippen molar-refractivity contribution in [2.75, 3.05) is 11.9 Å². The molecular weight excluding hydrogens is 358 g/mol. The third kappa shape index (κ3) is 4.57. The quantitative estimate of drug-likeness (QED) is 0.553. The van der Waals surface area contributed by atoms with Gasteiger partial charge in [0.05, 0.1) is 23.7 Å². The monoisotopic (exact) mass is 395 g/mol. The molecule has 0 saturated heterocycles. The van der Waals surface area contributed by atoms with E-state index in [1.165, 1.54) is 29.5 Å². The molecule has 1 aromatic carbocycles. The van der Waals surface area contributed by atoms with E-state index in [1.54, 1.807) is 0 Å². The van der Waals surface area contributed by atoms with Crippen molar-refractivity contribution < 1.29 is 4.74 Å². The highest BCUT2D eigenvalue weighted by Crippen LogP contribution is 2.40. The molecule has 1 aromatic heterocycles. The Labute approximate surface area is 176 Å². The molecular formula is C25H37N3O. The molecule has 0 saturated carbocycles. The highest BCUT2D eigenvalue weighted by Gasteiger charge is 2.24. The van der Waals surface area contributed by atoms with Gasteiger partial charge >= 0.3 is 0 Å². The van der Waals surface area contributed by atoms with Crippen LogP contribution in [-0.2, 0) is 25.7 Å². The Bertz CT molecular complexity index is 827. The average molecular weight is 396 g/mol. The summed E-state index contributed by atoms with van der Waals surface area (Å²) >= 11 is 0. The third-order valence-electron chi connectivity index (χ3n) is 6.07. The van der Waals surface area contributed by atoms with E-state index in [4.69, 9.17) is 14.7 Å². The number of hydrogen-bond donors (Lipinski definition) is 1. The number of nitrogens with one attached hydrogen (secondary N) is 1. The smallest absolute Gasteiger partial charge is 0.148 e. The van der Waals surface area contributed by atoms with Crippen LogP contribution >= 0.6 is 0 Å². The largest absolute Gasteiger partial charge is 0.493 e. The van der Waals surface area contributed by atoms with Crippen LogP contribution in [0.3, 0.4) is 0 Å². The number of aromatic nitrogens is 2. The molecule has 3 rings (SSSR count). The van der Waals surface area contributed by atoms with E-state index in [-0.39, 0.29) is 0 Å². The second-order valence-corrected chi connectivity index (χ2v) is 7.90. The van der Waals surface area contributed by atoms with Gasteiger partial charge in [-0.1, -0.05) is 33.8 Å². The summed E-state index contributed by atoms with van der Waals surface area (Å²) in [5.41, 5.74) is 7.22. The fourth-order valence-corrected chi connectivity index (χ4v) is 4.34. The van der Waals surface area contributed by atoms with E-state index in [9.17, 15) is 0 Å². The SMILES string of the molecule is CCOc1ccc2c(c1-c1nc(CC)c(NC(CC)CC)nc1CC)CCCC2. The van der Waals surface area contributed by atoms with Crippen LogP contribution in [0.4, 0.5) is 5.82 Å². The van der Waals surface area contributed by atoms with Gasteiger partial charge in [-0.2, -0.15) is 0 Å². The molecule has 0 unspecified atom stereocenters. The average Bonchev–Trinajstić information content (AvgIpc) is 2.77. The summed E-state index contributed by atoms with van der Waals surface area (Å²) in [6.07, 6.45) is 8.66. The summed E-state index contributed by atoms with van der Waals surface area (Å²) in [6.45, 7) is 11.5. The predicted octanol–water partition coefficient (Wildman–Crippen LogP) is 6.15. The Kier molecular flexibility index (Phi) is 7.51. The van der Waals surface area contributed by atoms with Gasteiger partial charge in [0, 0.05) is 11.6 Å². The molecule has 1 aliphatic rings. The zero-order valence-corrected chi connectivity index (χ0v) is 18.9. The topological polar surface area (TPSA) is 47.0 Å². The van der Waals surface area contributed by atoms with Crippen molar-refractivity contribution in [2.45, 2.75) is 92.0 Å². The molecule has 1 heterocycles. The first-order valence-corrected chi connectivity index (χ1v) is 11.6. The van der Waals surface area contributed by atoms with Crippen molar-refractivity contribution in [3.63, 3.8) is 0 Å². The molecule has 0 bridgehead atoms. The molecule has 0 fully saturated rings. The van der Waals surface area contributed by atoms with Crippen molar-refractivity contribution >= 4 is 5.82 Å². The van der Waals surface area contributed by atoms with Crippen LogP contribution in [0.25, 0.3) is 11.3 Å². The second-order valence-electron chi connectivity index (χ2n) is 7.90. The van der Waals surface area contributed by atoms with Gasteiger partial charge in [0.2, 0.25) is 0 Å². The molecule has 2 aromatic rings. The molecule has 29 heavy (non-hydrogen) atoms. The molecule has 0 amide bonds. The fourth-order valence-electron chi connectivity index (χ4n) is 4.34. The molecule has 0 aliphatic heterocycles. The van der Waals surface area contributed by atoms with Crippen LogP contribution in [0.2, 0.25) is 0 Å². The van der Waals surface area contributed by atoms with E-state index in [0.717, 1.165) is 67.2 Å². The number of aryl methyl sites for hydroxylation is 3. The molecule has 1 N–H and O–H groups in total. The van der Waals surface area contributed by atoms with E-state index in [2.05, 4.69) is 52.1 Å². The Balaban J connectivity index is 2.18. The lowest BCUT2D eigenvalue weighted by Gasteiger charge is -2.24. The number of rotatable bonds is 9. The minimum absolute atomic E-state index is 0.439. The van der Waals surface area contributed by atoms with Crippen molar-refractivity contribution in [2.24, 2.45) is 0 Å². The third-order valence-corrected chi connectivity index (χ3v) is 6.07. The highest BCUT2D eigenvalue weighted by atomic mass is 16.5. The van der Waals surface area contributed by atoms with Crippen molar-refractivity contribution in [3.05, 3.63) is 34.6 Å². The standard InChI is InChI=1S/C25H37N3O/c1-6-18(7-2)26-25-21(9-4)27-24(20(8-3)28-25)23-19-14-12-11-13-17(19)15-16-22(23)29-10-5/h15-16,18H,6-14H2,1-5H3,(H,26,28). The molecule has 1 aliphatic carbocycles. The summed E-state index contributed by atoms with van der Waals surface area (Å²) in [6, 6.07) is 4.84. The zero-order valence-electron chi connectivity index (χ0n) is 18.9. The maximum atomic E-state index is 6.08. The second kappa shape index (κ2) is 10.1. The number of fused-ring (bicyclic) bond motifs is 1. The van der Waals surface area contributed by atoms with Crippen LogP contribution in [-0.4, -0.2) is 22.6 Å². The van der Waals surface area contributed by atoms with Crippen molar-refractivity contribution in [3.8, 4) is 17.0 Å². The minimum Gasteiger partial charge on any atom is -0.493 e. The van der Waals surface area contributed by atoms with Gasteiger partial charge in [0.15, 0.2) is 0 Å². The molecule has 0 atom stereocenters. The molecule has 4 nitrogen and oxygen atoms in total. The first kappa shape index (κ1) is 21.6. The summed E-state index contributed by atoms with van der Waals surface area (Å²) < 4.78 is 6.08. The van der Waals surface area contributed by atoms with Gasteiger partial charge < -0.3 is 10.1 Å². The van der Waals surface area contributed by atoms with Gasteiger partial charge in [0.25, 0.3) is 0 Å². The maximum absolute atomic E-state index is 6.08. The van der Waals surface area contributed by atoms with Gasteiger partial charge in [-0.05, 0) is 75.5 Å². The number of hydrogen-bond acceptors (Lipinski definition) is 4. The first-order valence-electron chi connectivity index (χ1n) is 11.6. The fraction of sp³-hybridized carbons (Fsp3) is 0.600. The minimum atomic E-state index is 0.439. The van der Waals surface area contributed by atoms with Gasteiger partial charge in [-0.3, -0.25) is 0 Å². The number of benzene rings is 1. The van der Waals surface area contributed by atoms with Crippen molar-refractivity contribution in [1.82, 2.24) is 9.97 Å². The molecule has 158 valence electrons. The lowest BCUT2D eigenvalue weighted by atomic mass is 9.86.